The lowest BCUT2D eigenvalue weighted by Crippen LogP contribution is -2.40. The summed E-state index contributed by atoms with van der Waals surface area (Å²) in [5.41, 5.74) is 3.45. The highest BCUT2D eigenvalue weighted by molar-refractivity contribution is 7.07. The molecule has 1 aliphatic heterocycles. The summed E-state index contributed by atoms with van der Waals surface area (Å²) in [6, 6.07) is 15.7. The molecule has 0 aliphatic carbocycles. The van der Waals surface area contributed by atoms with Crippen molar-refractivity contribution in [2.24, 2.45) is 4.99 Å². The molecule has 0 N–H and O–H groups in total. The molecule has 0 saturated heterocycles. The molecule has 1 aliphatic rings. The molecule has 0 unspecified atom stereocenters. The predicted octanol–water partition coefficient (Wildman–Crippen LogP) is 7.60. The molecule has 49 heavy (non-hydrogen) atoms. The fourth-order valence-corrected chi connectivity index (χ4v) is 7.10. The number of para-hydroxylation sites is 1. The molecule has 11 heteroatoms. The van der Waals surface area contributed by atoms with Crippen LogP contribution in [0, 0.1) is 0 Å². The number of carbonyl (C=O) groups excluding carboxylic acids is 1. The summed E-state index contributed by atoms with van der Waals surface area (Å²) in [4.78, 5) is 32.9. The second-order valence-corrected chi connectivity index (χ2v) is 13.3. The molecule has 0 saturated carbocycles. The molecule has 0 bridgehead atoms. The average Bonchev–Trinajstić information content (AvgIpc) is 3.35. The smallest absolute Gasteiger partial charge is 0.338 e. The predicted molar refractivity (Wildman–Crippen MR) is 195 cm³/mol. The van der Waals surface area contributed by atoms with Crippen LogP contribution < -0.4 is 29.1 Å². The largest absolute Gasteiger partial charge is 0.491 e. The summed E-state index contributed by atoms with van der Waals surface area (Å²) in [5, 5.41) is 1.04. The zero-order valence-corrected chi connectivity index (χ0v) is 30.4. The summed E-state index contributed by atoms with van der Waals surface area (Å²) < 4.78 is 25.9. The van der Waals surface area contributed by atoms with Gasteiger partial charge in [-0.1, -0.05) is 64.9 Å². The molecule has 8 nitrogen and oxygen atoms in total. The third-order valence-electron chi connectivity index (χ3n) is 7.60. The first kappa shape index (κ1) is 36.0. The van der Waals surface area contributed by atoms with Crippen LogP contribution in [0.2, 0.25) is 10.0 Å². The van der Waals surface area contributed by atoms with Gasteiger partial charge in [-0.25, -0.2) is 9.79 Å². The van der Waals surface area contributed by atoms with Gasteiger partial charge in [0, 0.05) is 26.7 Å². The maximum atomic E-state index is 14.3. The van der Waals surface area contributed by atoms with E-state index in [1.165, 1.54) is 11.3 Å². The van der Waals surface area contributed by atoms with Crippen molar-refractivity contribution < 1.29 is 23.7 Å². The summed E-state index contributed by atoms with van der Waals surface area (Å²) in [5.74, 6) is 1.11. The first-order chi connectivity index (χ1) is 23.6. The van der Waals surface area contributed by atoms with Crippen LogP contribution >= 0.6 is 34.5 Å². The number of halogens is 2. The number of thiazole rings is 1. The minimum absolute atomic E-state index is 0.132. The van der Waals surface area contributed by atoms with E-state index in [1.807, 2.05) is 63.2 Å². The van der Waals surface area contributed by atoms with Gasteiger partial charge >= 0.3 is 5.97 Å². The number of ether oxygens (including phenoxy) is 4. The van der Waals surface area contributed by atoms with Crippen molar-refractivity contribution >= 4 is 46.6 Å². The molecule has 0 radical (unpaired) electrons. The molecule has 0 amide bonds. The highest BCUT2D eigenvalue weighted by atomic mass is 35.5. The normalized spacial score (nSPS) is 14.4. The van der Waals surface area contributed by atoms with E-state index in [-0.39, 0.29) is 30.5 Å². The number of nitrogens with zero attached hydrogens (tertiary/aromatic N) is 2. The van der Waals surface area contributed by atoms with E-state index in [2.05, 4.69) is 6.58 Å². The van der Waals surface area contributed by atoms with Gasteiger partial charge in [0.15, 0.2) is 16.3 Å². The molecule has 0 spiro atoms. The number of aromatic nitrogens is 1. The highest BCUT2D eigenvalue weighted by Gasteiger charge is 2.35. The Balaban J connectivity index is 1.65. The SMILES string of the molecule is C=CCc1cc(/C=c2/sc3n(c2=O)[C@@H](c2ccccc2OC(C)C)C(C(=O)OCC)=C(C)N=3)cc(OCC)c1OCc1ccc(Cl)cc1Cl. The fraction of sp³-hybridized carbons (Fsp3) is 0.289. The maximum absolute atomic E-state index is 14.3. The lowest BCUT2D eigenvalue weighted by atomic mass is 9.95. The molecule has 1 aromatic heterocycles. The van der Waals surface area contributed by atoms with Crippen molar-refractivity contribution in [3.63, 3.8) is 0 Å². The van der Waals surface area contributed by atoms with Crippen molar-refractivity contribution in [3.8, 4) is 17.2 Å². The van der Waals surface area contributed by atoms with Gasteiger partial charge in [0.25, 0.3) is 5.56 Å². The van der Waals surface area contributed by atoms with Gasteiger partial charge in [-0.15, -0.1) is 6.58 Å². The van der Waals surface area contributed by atoms with Crippen LogP contribution in [0.3, 0.4) is 0 Å². The number of esters is 1. The van der Waals surface area contributed by atoms with Gasteiger partial charge in [0.2, 0.25) is 0 Å². The van der Waals surface area contributed by atoms with Crippen LogP contribution in [0.4, 0.5) is 0 Å². The second-order valence-electron chi connectivity index (χ2n) is 11.5. The van der Waals surface area contributed by atoms with Crippen LogP contribution in [0.5, 0.6) is 17.2 Å². The van der Waals surface area contributed by atoms with Crippen LogP contribution in [-0.4, -0.2) is 29.9 Å². The van der Waals surface area contributed by atoms with Gasteiger partial charge in [0.05, 0.1) is 35.1 Å². The van der Waals surface area contributed by atoms with Crippen LogP contribution in [-0.2, 0) is 22.6 Å². The topological polar surface area (TPSA) is 88.4 Å². The van der Waals surface area contributed by atoms with Gasteiger partial charge in [-0.2, -0.15) is 0 Å². The fourth-order valence-electron chi connectivity index (χ4n) is 5.59. The first-order valence-electron chi connectivity index (χ1n) is 16.0. The van der Waals surface area contributed by atoms with Crippen LogP contribution in [0.1, 0.15) is 62.9 Å². The van der Waals surface area contributed by atoms with Gasteiger partial charge in [-0.05, 0) is 83.0 Å². The van der Waals surface area contributed by atoms with E-state index in [4.69, 9.17) is 47.1 Å². The number of carbonyl (C=O) groups is 1. The standard InChI is InChI=1S/C38H38Cl2N2O6S/c1-7-12-25-17-24(18-31(45-8-2)35(25)47-21-26-15-16-27(39)20-29(26)40)19-32-36(43)42-34(28-13-10-11-14-30(28)48-22(4)5)33(37(44)46-9-3)23(6)41-38(42)49-32/h7,10-11,13-20,22,34H,1,8-9,12,21H2,2-6H3/b32-19+/t34-/m0/s1. The van der Waals surface area contributed by atoms with E-state index in [0.29, 0.717) is 60.9 Å². The van der Waals surface area contributed by atoms with E-state index in [1.54, 1.807) is 42.7 Å². The lowest BCUT2D eigenvalue weighted by Gasteiger charge is -2.26. The van der Waals surface area contributed by atoms with Gasteiger partial charge in [0.1, 0.15) is 18.4 Å². The van der Waals surface area contributed by atoms with Crippen molar-refractivity contribution in [1.82, 2.24) is 4.57 Å². The molecule has 2 heterocycles. The molecular weight excluding hydrogens is 683 g/mol. The zero-order valence-electron chi connectivity index (χ0n) is 28.0. The summed E-state index contributed by atoms with van der Waals surface area (Å²) in [6.07, 6.45) is 3.94. The number of benzene rings is 3. The number of hydrogen-bond donors (Lipinski definition) is 0. The summed E-state index contributed by atoms with van der Waals surface area (Å²) >= 11 is 13.7. The van der Waals surface area contributed by atoms with Crippen LogP contribution in [0.15, 0.2) is 88.3 Å². The zero-order chi connectivity index (χ0) is 35.2. The summed E-state index contributed by atoms with van der Waals surface area (Å²) in [6.45, 7) is 13.9. The summed E-state index contributed by atoms with van der Waals surface area (Å²) in [7, 11) is 0. The molecule has 4 aromatic rings. The Hall–Kier alpha value is -4.31. The average molecular weight is 722 g/mol. The molecule has 1 atom stereocenters. The van der Waals surface area contributed by atoms with E-state index in [9.17, 15) is 9.59 Å². The second kappa shape index (κ2) is 15.9. The molecule has 256 valence electrons. The highest BCUT2D eigenvalue weighted by Crippen LogP contribution is 2.37. The third-order valence-corrected chi connectivity index (χ3v) is 9.17. The monoisotopic (exact) mass is 720 g/mol. The Morgan fingerprint density at radius 1 is 1.04 bits per heavy atom. The number of fused-ring (bicyclic) bond motifs is 1. The Bertz CT molecular complexity index is 2100. The molecule has 0 fully saturated rings. The van der Waals surface area contributed by atoms with Crippen LogP contribution in [0.25, 0.3) is 6.08 Å². The lowest BCUT2D eigenvalue weighted by molar-refractivity contribution is -0.139. The number of hydrogen-bond acceptors (Lipinski definition) is 8. The van der Waals surface area contributed by atoms with E-state index < -0.39 is 12.0 Å². The Morgan fingerprint density at radius 3 is 2.51 bits per heavy atom. The van der Waals surface area contributed by atoms with Crippen molar-refractivity contribution in [2.45, 2.75) is 59.8 Å². The minimum atomic E-state index is -0.807. The van der Waals surface area contributed by atoms with Gasteiger partial charge in [-0.3, -0.25) is 9.36 Å². The maximum Gasteiger partial charge on any atom is 0.338 e. The number of allylic oxidation sites excluding steroid dienone is 2. The molecular formula is C38H38Cl2N2O6S. The number of rotatable bonds is 13. The van der Waals surface area contributed by atoms with Crippen molar-refractivity contribution in [2.75, 3.05) is 13.2 Å². The Morgan fingerprint density at radius 2 is 1.82 bits per heavy atom. The Labute approximate surface area is 299 Å². The molecule has 3 aromatic carbocycles. The minimum Gasteiger partial charge on any atom is -0.491 e. The van der Waals surface area contributed by atoms with Gasteiger partial charge < -0.3 is 18.9 Å². The van der Waals surface area contributed by atoms with Crippen molar-refractivity contribution in [1.29, 1.82) is 0 Å². The van der Waals surface area contributed by atoms with E-state index >= 15 is 0 Å². The van der Waals surface area contributed by atoms with Crippen molar-refractivity contribution in [3.05, 3.63) is 131 Å². The van der Waals surface area contributed by atoms with E-state index in [0.717, 1.165) is 16.7 Å². The Kier molecular flexibility index (Phi) is 11.7. The quantitative estimate of drug-likeness (QED) is 0.104. The molecule has 5 rings (SSSR count). The third kappa shape index (κ3) is 7.96. The first-order valence-corrected chi connectivity index (χ1v) is 17.6.